The number of piperidine rings is 2. The number of nitro benzene ring substituents is 1. The number of fused-ring (bicyclic) bond motifs is 1. The molecule has 3 heterocycles. The van der Waals surface area contributed by atoms with Gasteiger partial charge in [0.25, 0.3) is 11.2 Å². The van der Waals surface area contributed by atoms with Crippen LogP contribution in [0, 0.1) is 15.5 Å². The van der Waals surface area contributed by atoms with Crippen LogP contribution in [-0.4, -0.2) is 48.0 Å². The van der Waals surface area contributed by atoms with E-state index in [1.165, 1.54) is 0 Å². The standard InChI is InChI=1S/C19H21F3N4O3S/c1-24-6-2-18(3-7-24)4-8-25(9-5-18)17-23-16(27)13-10-12(19(20,21)22)11-14(26(28)29)15(13)30-17/h10-11H,2-9H2,1H3. The van der Waals surface area contributed by atoms with E-state index in [1.807, 2.05) is 4.90 Å². The fraction of sp³-hybridized carbons (Fsp3) is 0.579. The third kappa shape index (κ3) is 3.87. The molecule has 2 aliphatic heterocycles. The molecular weight excluding hydrogens is 421 g/mol. The number of nitrogens with zero attached hydrogens (tertiary/aromatic N) is 4. The largest absolute Gasteiger partial charge is 0.416 e. The highest BCUT2D eigenvalue weighted by Gasteiger charge is 2.38. The second kappa shape index (κ2) is 7.45. The van der Waals surface area contributed by atoms with E-state index in [2.05, 4.69) is 16.9 Å². The van der Waals surface area contributed by atoms with Gasteiger partial charge in [-0.05, 0) is 57.3 Å². The summed E-state index contributed by atoms with van der Waals surface area (Å²) in [6, 6.07) is 1.15. The van der Waals surface area contributed by atoms with Crippen LogP contribution in [0.4, 0.5) is 24.0 Å². The van der Waals surface area contributed by atoms with Gasteiger partial charge in [0.1, 0.15) is 4.70 Å². The highest BCUT2D eigenvalue weighted by Crippen LogP contribution is 2.43. The fourth-order valence-electron chi connectivity index (χ4n) is 4.34. The zero-order valence-corrected chi connectivity index (χ0v) is 17.2. The van der Waals surface area contributed by atoms with Gasteiger partial charge in [0.15, 0.2) is 5.13 Å². The van der Waals surface area contributed by atoms with Gasteiger partial charge in [0.2, 0.25) is 0 Å². The average Bonchev–Trinajstić information content (AvgIpc) is 2.69. The van der Waals surface area contributed by atoms with E-state index in [1.54, 1.807) is 0 Å². The van der Waals surface area contributed by atoms with Crippen molar-refractivity contribution < 1.29 is 18.1 Å². The van der Waals surface area contributed by atoms with Crippen molar-refractivity contribution in [3.05, 3.63) is 38.2 Å². The predicted molar refractivity (Wildman–Crippen MR) is 108 cm³/mol. The summed E-state index contributed by atoms with van der Waals surface area (Å²) in [5, 5.41) is 11.4. The number of non-ortho nitro benzene ring substituents is 1. The van der Waals surface area contributed by atoms with Gasteiger partial charge in [-0.2, -0.15) is 18.2 Å². The number of benzene rings is 1. The van der Waals surface area contributed by atoms with Crippen molar-refractivity contribution in [2.24, 2.45) is 5.41 Å². The van der Waals surface area contributed by atoms with Crippen LogP contribution in [-0.2, 0) is 6.18 Å². The normalized spacial score (nSPS) is 20.1. The van der Waals surface area contributed by atoms with Gasteiger partial charge >= 0.3 is 6.18 Å². The van der Waals surface area contributed by atoms with Gasteiger partial charge < -0.3 is 9.80 Å². The Bertz CT molecular complexity index is 1040. The lowest BCUT2D eigenvalue weighted by Gasteiger charge is -2.46. The number of likely N-dealkylation sites (tertiary alicyclic amines) is 1. The van der Waals surface area contributed by atoms with Crippen molar-refractivity contribution >= 4 is 32.2 Å². The van der Waals surface area contributed by atoms with Gasteiger partial charge in [-0.15, -0.1) is 0 Å². The van der Waals surface area contributed by atoms with Crippen molar-refractivity contribution in [2.45, 2.75) is 31.9 Å². The van der Waals surface area contributed by atoms with E-state index in [4.69, 9.17) is 0 Å². The van der Waals surface area contributed by atoms with Crippen LogP contribution in [0.15, 0.2) is 16.9 Å². The molecule has 0 aliphatic carbocycles. The van der Waals surface area contributed by atoms with E-state index in [0.717, 1.165) is 50.1 Å². The van der Waals surface area contributed by atoms with Crippen molar-refractivity contribution in [2.75, 3.05) is 38.1 Å². The molecule has 7 nitrogen and oxygen atoms in total. The molecule has 0 atom stereocenters. The second-order valence-electron chi connectivity index (χ2n) is 8.22. The van der Waals surface area contributed by atoms with Crippen LogP contribution in [0.2, 0.25) is 0 Å². The Morgan fingerprint density at radius 1 is 1.13 bits per heavy atom. The Kier molecular flexibility index (Phi) is 5.21. The summed E-state index contributed by atoms with van der Waals surface area (Å²) >= 11 is 0.915. The summed E-state index contributed by atoms with van der Waals surface area (Å²) in [6.45, 7) is 3.45. The van der Waals surface area contributed by atoms with Crippen molar-refractivity contribution in [1.82, 2.24) is 9.88 Å². The van der Waals surface area contributed by atoms with Gasteiger partial charge in [0, 0.05) is 19.2 Å². The van der Waals surface area contributed by atoms with Crippen molar-refractivity contribution in [1.29, 1.82) is 0 Å². The maximum atomic E-state index is 13.1. The highest BCUT2D eigenvalue weighted by molar-refractivity contribution is 7.22. The molecule has 0 saturated carbocycles. The molecule has 0 amide bonds. The molecule has 11 heteroatoms. The SMILES string of the molecule is CN1CCC2(CC1)CCN(c1nc(=O)c3cc(C(F)(F)F)cc([N+](=O)[O-])c3s1)CC2. The van der Waals surface area contributed by atoms with Gasteiger partial charge in [0.05, 0.1) is 15.9 Å². The summed E-state index contributed by atoms with van der Waals surface area (Å²) in [5.74, 6) is 0. The quantitative estimate of drug-likeness (QED) is 0.519. The average molecular weight is 442 g/mol. The zero-order chi connectivity index (χ0) is 21.7. The van der Waals surface area contributed by atoms with E-state index in [-0.39, 0.29) is 15.5 Å². The Balaban J connectivity index is 1.67. The number of anilines is 1. The number of hydrogen-bond donors (Lipinski definition) is 0. The maximum Gasteiger partial charge on any atom is 0.416 e. The van der Waals surface area contributed by atoms with Crippen LogP contribution < -0.4 is 10.5 Å². The lowest BCUT2D eigenvalue weighted by molar-refractivity contribution is -0.383. The summed E-state index contributed by atoms with van der Waals surface area (Å²) in [4.78, 5) is 31.3. The summed E-state index contributed by atoms with van der Waals surface area (Å²) in [7, 11) is 2.11. The molecule has 162 valence electrons. The van der Waals surface area contributed by atoms with E-state index < -0.39 is 27.9 Å². The number of nitro groups is 1. The number of rotatable bonds is 2. The molecule has 0 bridgehead atoms. The number of aromatic nitrogens is 1. The van der Waals surface area contributed by atoms with Crippen LogP contribution in [0.25, 0.3) is 10.1 Å². The van der Waals surface area contributed by atoms with Crippen molar-refractivity contribution in [3.63, 3.8) is 0 Å². The molecule has 2 saturated heterocycles. The minimum atomic E-state index is -4.79. The van der Waals surface area contributed by atoms with Crippen LogP contribution >= 0.6 is 11.3 Å². The zero-order valence-electron chi connectivity index (χ0n) is 16.4. The molecule has 1 aromatic heterocycles. The minimum absolute atomic E-state index is 0.0671. The molecule has 0 radical (unpaired) electrons. The molecular formula is C19H21F3N4O3S. The Morgan fingerprint density at radius 3 is 2.30 bits per heavy atom. The molecule has 30 heavy (non-hydrogen) atoms. The van der Waals surface area contributed by atoms with Crippen LogP contribution in [0.3, 0.4) is 0 Å². The van der Waals surface area contributed by atoms with Gasteiger partial charge in [-0.25, -0.2) is 0 Å². The first-order valence-electron chi connectivity index (χ1n) is 9.72. The maximum absolute atomic E-state index is 13.1. The predicted octanol–water partition coefficient (Wildman–Crippen LogP) is 3.90. The molecule has 4 rings (SSSR count). The topological polar surface area (TPSA) is 79.6 Å². The van der Waals surface area contributed by atoms with Crippen LogP contribution in [0.1, 0.15) is 31.2 Å². The molecule has 1 aromatic carbocycles. The fourth-order valence-corrected chi connectivity index (χ4v) is 5.46. The number of hydrogen-bond acceptors (Lipinski definition) is 7. The Morgan fingerprint density at radius 2 is 1.73 bits per heavy atom. The van der Waals surface area contributed by atoms with E-state index in [0.29, 0.717) is 30.4 Å². The van der Waals surface area contributed by atoms with Crippen molar-refractivity contribution in [3.8, 4) is 0 Å². The lowest BCUT2D eigenvalue weighted by atomic mass is 9.71. The Labute approximate surface area is 174 Å². The first-order chi connectivity index (χ1) is 14.1. The van der Waals surface area contributed by atoms with E-state index >= 15 is 0 Å². The third-order valence-electron chi connectivity index (χ3n) is 6.36. The molecule has 2 aliphatic rings. The molecule has 0 unspecified atom stereocenters. The smallest absolute Gasteiger partial charge is 0.348 e. The highest BCUT2D eigenvalue weighted by atomic mass is 32.1. The first-order valence-corrected chi connectivity index (χ1v) is 10.5. The number of halogens is 3. The first kappa shape index (κ1) is 21.0. The molecule has 2 aromatic rings. The summed E-state index contributed by atoms with van der Waals surface area (Å²) in [5.41, 5.74) is -2.53. The van der Waals surface area contributed by atoms with Crippen LogP contribution in [0.5, 0.6) is 0 Å². The lowest BCUT2D eigenvalue weighted by Crippen LogP contribution is -2.46. The monoisotopic (exact) mass is 442 g/mol. The number of alkyl halides is 3. The third-order valence-corrected chi connectivity index (χ3v) is 7.52. The van der Waals surface area contributed by atoms with Gasteiger partial charge in [-0.1, -0.05) is 11.3 Å². The molecule has 2 fully saturated rings. The summed E-state index contributed by atoms with van der Waals surface area (Å²) < 4.78 is 39.3. The van der Waals surface area contributed by atoms with Gasteiger partial charge in [-0.3, -0.25) is 14.9 Å². The van der Waals surface area contributed by atoms with E-state index in [9.17, 15) is 28.1 Å². The molecule has 1 spiro atoms. The molecule has 0 N–H and O–H groups in total. The Hall–Kier alpha value is -2.27. The minimum Gasteiger partial charge on any atom is -0.348 e. The second-order valence-corrected chi connectivity index (χ2v) is 9.20. The summed E-state index contributed by atoms with van der Waals surface area (Å²) in [6.07, 6.45) is -0.675.